The molecule has 6 nitrogen and oxygen atoms in total. The zero-order valence-corrected chi connectivity index (χ0v) is 13.5. The molecule has 0 bridgehead atoms. The van der Waals surface area contributed by atoms with Gasteiger partial charge in [0, 0.05) is 12.5 Å². The van der Waals surface area contributed by atoms with Crippen molar-refractivity contribution in [3.8, 4) is 0 Å². The fourth-order valence-electron chi connectivity index (χ4n) is 2.20. The molecule has 2 heterocycles. The van der Waals surface area contributed by atoms with E-state index in [0.29, 0.717) is 18.7 Å². The summed E-state index contributed by atoms with van der Waals surface area (Å²) in [5, 5.41) is 2.26. The molecule has 8 heteroatoms. The summed E-state index contributed by atoms with van der Waals surface area (Å²) < 4.78 is 23.4. The van der Waals surface area contributed by atoms with Gasteiger partial charge in [0.25, 0.3) is 5.91 Å². The molecule has 1 fully saturated rings. The minimum absolute atomic E-state index is 0.0732. The molecule has 0 saturated carbocycles. The number of sulfone groups is 1. The van der Waals surface area contributed by atoms with Gasteiger partial charge in [-0.2, -0.15) is 0 Å². The second-order valence-corrected chi connectivity index (χ2v) is 8.23. The third kappa shape index (κ3) is 3.71. The number of nitrogens with one attached hydrogen (secondary N) is 1. The Morgan fingerprint density at radius 1 is 1.52 bits per heavy atom. The average molecular weight is 332 g/mol. The molecule has 1 unspecified atom stereocenters. The Hall–Kier alpha value is -1.21. The molecule has 1 aliphatic rings. The molecular weight excluding hydrogens is 314 g/mol. The lowest BCUT2D eigenvalue weighted by Crippen LogP contribution is -2.35. The van der Waals surface area contributed by atoms with Gasteiger partial charge in [0.15, 0.2) is 9.84 Å². The van der Waals surface area contributed by atoms with Crippen LogP contribution in [0.5, 0.6) is 0 Å². The Labute approximate surface area is 129 Å². The molecule has 1 aromatic rings. The van der Waals surface area contributed by atoms with Crippen LogP contribution >= 0.6 is 11.6 Å². The number of amides is 1. The van der Waals surface area contributed by atoms with Gasteiger partial charge in [-0.25, -0.2) is 18.4 Å². The fourth-order valence-corrected chi connectivity index (χ4v) is 4.14. The Bertz CT molecular complexity index is 646. The maximum atomic E-state index is 12.1. The summed E-state index contributed by atoms with van der Waals surface area (Å²) in [5.41, 5.74) is 0.0887. The van der Waals surface area contributed by atoms with Gasteiger partial charge >= 0.3 is 0 Å². The quantitative estimate of drug-likeness (QED) is 0.904. The number of halogens is 1. The molecule has 1 atom stereocenters. The summed E-state index contributed by atoms with van der Waals surface area (Å²) in [7, 11) is -3.08. The van der Waals surface area contributed by atoms with Crippen molar-refractivity contribution >= 4 is 27.3 Å². The second kappa shape index (κ2) is 6.27. The van der Waals surface area contributed by atoms with Crippen molar-refractivity contribution in [3.05, 3.63) is 22.7 Å². The van der Waals surface area contributed by atoms with Gasteiger partial charge in [-0.15, -0.1) is 0 Å². The largest absolute Gasteiger partial charge is 0.349 e. The number of nitrogens with zero attached hydrogens (tertiary/aromatic N) is 2. The summed E-state index contributed by atoms with van der Waals surface area (Å²) in [6, 6.07) is 0. The van der Waals surface area contributed by atoms with E-state index in [1.165, 1.54) is 6.20 Å². The van der Waals surface area contributed by atoms with Crippen LogP contribution in [0.15, 0.2) is 6.20 Å². The molecule has 0 aromatic carbocycles. The Kier molecular flexibility index (Phi) is 4.83. The van der Waals surface area contributed by atoms with E-state index < -0.39 is 21.0 Å². The van der Waals surface area contributed by atoms with Crippen molar-refractivity contribution < 1.29 is 13.2 Å². The van der Waals surface area contributed by atoms with Crippen LogP contribution in [0.3, 0.4) is 0 Å². The van der Waals surface area contributed by atoms with Crippen molar-refractivity contribution in [2.24, 2.45) is 0 Å². The standard InChI is InChI=1S/C13H18ClN3O3S/c1-8(2)12-15-7-10(14)11(17-12)13(18)16-6-9-4-3-5-21(9,19)20/h7-9H,3-6H2,1-2H3,(H,16,18). The van der Waals surface area contributed by atoms with Crippen LogP contribution in [-0.4, -0.2) is 41.8 Å². The maximum Gasteiger partial charge on any atom is 0.271 e. The monoisotopic (exact) mass is 331 g/mol. The molecule has 0 aliphatic carbocycles. The highest BCUT2D eigenvalue weighted by Gasteiger charge is 2.31. The van der Waals surface area contributed by atoms with E-state index in [0.717, 1.165) is 0 Å². The lowest BCUT2D eigenvalue weighted by molar-refractivity contribution is 0.0948. The van der Waals surface area contributed by atoms with Crippen LogP contribution in [0, 0.1) is 0 Å². The van der Waals surface area contributed by atoms with Gasteiger partial charge < -0.3 is 5.32 Å². The first kappa shape index (κ1) is 16.2. The van der Waals surface area contributed by atoms with Crippen LogP contribution in [0.25, 0.3) is 0 Å². The van der Waals surface area contributed by atoms with Gasteiger partial charge in [0.05, 0.1) is 22.2 Å². The van der Waals surface area contributed by atoms with Crippen molar-refractivity contribution in [2.45, 2.75) is 37.9 Å². The smallest absolute Gasteiger partial charge is 0.271 e. The van der Waals surface area contributed by atoms with Crippen molar-refractivity contribution in [3.63, 3.8) is 0 Å². The van der Waals surface area contributed by atoms with E-state index in [4.69, 9.17) is 11.6 Å². The lowest BCUT2D eigenvalue weighted by Gasteiger charge is -2.12. The van der Waals surface area contributed by atoms with Crippen molar-refractivity contribution in [2.75, 3.05) is 12.3 Å². The number of hydrogen-bond donors (Lipinski definition) is 1. The van der Waals surface area contributed by atoms with E-state index in [1.807, 2.05) is 13.8 Å². The third-order valence-corrected chi connectivity index (χ3v) is 6.00. The number of aromatic nitrogens is 2. The van der Waals surface area contributed by atoms with Crippen LogP contribution in [0.1, 0.15) is 48.9 Å². The zero-order valence-electron chi connectivity index (χ0n) is 12.0. The zero-order chi connectivity index (χ0) is 15.6. The predicted octanol–water partition coefficient (Wildman–Crippen LogP) is 1.56. The van der Waals surface area contributed by atoms with Crippen molar-refractivity contribution in [1.82, 2.24) is 15.3 Å². The highest BCUT2D eigenvalue weighted by atomic mass is 35.5. The van der Waals surface area contributed by atoms with E-state index >= 15 is 0 Å². The summed E-state index contributed by atoms with van der Waals surface area (Å²) in [6.07, 6.45) is 2.62. The number of hydrogen-bond acceptors (Lipinski definition) is 5. The van der Waals surface area contributed by atoms with E-state index in [2.05, 4.69) is 15.3 Å². The topological polar surface area (TPSA) is 89.0 Å². The predicted molar refractivity (Wildman–Crippen MR) is 80.3 cm³/mol. The van der Waals surface area contributed by atoms with Crippen LogP contribution in [0.4, 0.5) is 0 Å². The average Bonchev–Trinajstić information content (AvgIpc) is 2.75. The molecule has 116 valence electrons. The highest BCUT2D eigenvalue weighted by Crippen LogP contribution is 2.20. The minimum atomic E-state index is -3.08. The van der Waals surface area contributed by atoms with Gasteiger partial charge in [-0.05, 0) is 12.8 Å². The molecular formula is C13H18ClN3O3S. The maximum absolute atomic E-state index is 12.1. The van der Waals surface area contributed by atoms with E-state index in [-0.39, 0.29) is 28.9 Å². The normalized spacial score (nSPS) is 20.7. The molecule has 1 amide bonds. The first-order valence-corrected chi connectivity index (χ1v) is 8.93. The van der Waals surface area contributed by atoms with Crippen LogP contribution < -0.4 is 5.32 Å². The Balaban J connectivity index is 2.08. The van der Waals surface area contributed by atoms with E-state index in [1.54, 1.807) is 0 Å². The number of rotatable bonds is 4. The van der Waals surface area contributed by atoms with Crippen LogP contribution in [-0.2, 0) is 9.84 Å². The van der Waals surface area contributed by atoms with Gasteiger partial charge in [-0.3, -0.25) is 4.79 Å². The van der Waals surface area contributed by atoms with Gasteiger partial charge in [0.1, 0.15) is 11.5 Å². The van der Waals surface area contributed by atoms with Crippen molar-refractivity contribution in [1.29, 1.82) is 0 Å². The summed E-state index contributed by atoms with van der Waals surface area (Å²) in [4.78, 5) is 20.3. The molecule has 1 aromatic heterocycles. The summed E-state index contributed by atoms with van der Waals surface area (Å²) in [6.45, 7) is 3.92. The molecule has 1 N–H and O–H groups in total. The lowest BCUT2D eigenvalue weighted by atomic mass is 10.2. The summed E-state index contributed by atoms with van der Waals surface area (Å²) in [5.74, 6) is 0.327. The first-order chi connectivity index (χ1) is 9.81. The third-order valence-electron chi connectivity index (χ3n) is 3.45. The molecule has 0 spiro atoms. The Morgan fingerprint density at radius 2 is 2.24 bits per heavy atom. The van der Waals surface area contributed by atoms with E-state index in [9.17, 15) is 13.2 Å². The second-order valence-electron chi connectivity index (χ2n) is 5.42. The molecule has 0 radical (unpaired) electrons. The van der Waals surface area contributed by atoms with Gasteiger partial charge in [-0.1, -0.05) is 25.4 Å². The van der Waals surface area contributed by atoms with Gasteiger partial charge in [0.2, 0.25) is 0 Å². The molecule has 2 rings (SSSR count). The highest BCUT2D eigenvalue weighted by molar-refractivity contribution is 7.92. The summed E-state index contributed by atoms with van der Waals surface area (Å²) >= 11 is 5.94. The molecule has 1 saturated heterocycles. The number of carbonyl (C=O) groups is 1. The Morgan fingerprint density at radius 3 is 2.81 bits per heavy atom. The van der Waals surface area contributed by atoms with Crippen LogP contribution in [0.2, 0.25) is 5.02 Å². The minimum Gasteiger partial charge on any atom is -0.349 e. The molecule has 1 aliphatic heterocycles. The fraction of sp³-hybridized carbons (Fsp3) is 0.615. The SMILES string of the molecule is CC(C)c1ncc(Cl)c(C(=O)NCC2CCCS2(=O)=O)n1. The first-order valence-electron chi connectivity index (χ1n) is 6.83. The number of carbonyl (C=O) groups excluding carboxylic acids is 1. The molecule has 21 heavy (non-hydrogen) atoms.